The summed E-state index contributed by atoms with van der Waals surface area (Å²) in [6, 6.07) is 4.40. The lowest BCUT2D eigenvalue weighted by Gasteiger charge is -2.27. The molecule has 0 saturated heterocycles. The van der Waals surface area contributed by atoms with Gasteiger partial charge in [0.25, 0.3) is 0 Å². The van der Waals surface area contributed by atoms with Gasteiger partial charge in [-0.05, 0) is 48.9 Å². The largest absolute Gasteiger partial charge is 0.373 e. The average molecular weight is 262 g/mol. The topological polar surface area (TPSA) is 9.23 Å². The molecule has 1 atom stereocenters. The lowest BCUT2D eigenvalue weighted by molar-refractivity contribution is 0.0302. The van der Waals surface area contributed by atoms with Crippen molar-refractivity contribution < 1.29 is 4.74 Å². The Morgan fingerprint density at radius 2 is 1.63 bits per heavy atom. The SMILES string of the molecule is C=CCC1Cc2c(C)ccc(C)c2CO1.CC.CC. The first-order valence-corrected chi connectivity index (χ1v) is 7.53. The zero-order valence-corrected chi connectivity index (χ0v) is 13.5. The molecule has 1 nitrogen and oxygen atoms in total. The van der Waals surface area contributed by atoms with Gasteiger partial charge in [-0.15, -0.1) is 6.58 Å². The summed E-state index contributed by atoms with van der Waals surface area (Å²) in [5.74, 6) is 0. The Balaban J connectivity index is 0.000000741. The first-order valence-electron chi connectivity index (χ1n) is 7.53. The predicted octanol–water partition coefficient (Wildman–Crippen LogP) is 5.37. The van der Waals surface area contributed by atoms with E-state index in [0.717, 1.165) is 19.4 Å². The molecule has 2 rings (SSSR count). The van der Waals surface area contributed by atoms with Gasteiger partial charge in [-0.3, -0.25) is 0 Å². The highest BCUT2D eigenvalue weighted by Crippen LogP contribution is 2.27. The molecule has 1 heteroatoms. The molecule has 0 N–H and O–H groups in total. The molecular formula is C18H30O. The quantitative estimate of drug-likeness (QED) is 0.651. The molecule has 1 aromatic rings. The van der Waals surface area contributed by atoms with Crippen LogP contribution in [0.3, 0.4) is 0 Å². The van der Waals surface area contributed by atoms with Gasteiger partial charge in [0.2, 0.25) is 0 Å². The molecule has 0 aromatic heterocycles. The Bertz CT molecular complexity index is 380. The molecule has 1 aromatic carbocycles. The molecule has 0 radical (unpaired) electrons. The molecule has 1 aliphatic heterocycles. The maximum atomic E-state index is 5.81. The fourth-order valence-electron chi connectivity index (χ4n) is 2.24. The van der Waals surface area contributed by atoms with E-state index in [2.05, 4.69) is 32.6 Å². The monoisotopic (exact) mass is 262 g/mol. The summed E-state index contributed by atoms with van der Waals surface area (Å²) in [6.07, 6.45) is 4.26. The standard InChI is InChI=1S/C14H18O.2C2H6/c1-4-5-12-8-13-10(2)6-7-11(3)14(13)9-15-12;2*1-2/h4,6-7,12H,1,5,8-9H2,2-3H3;2*1-2H3. The number of rotatable bonds is 2. The van der Waals surface area contributed by atoms with E-state index < -0.39 is 0 Å². The van der Waals surface area contributed by atoms with Gasteiger partial charge in [-0.25, -0.2) is 0 Å². The van der Waals surface area contributed by atoms with Gasteiger partial charge in [-0.2, -0.15) is 0 Å². The Morgan fingerprint density at radius 1 is 1.11 bits per heavy atom. The Labute approximate surface area is 119 Å². The summed E-state index contributed by atoms with van der Waals surface area (Å²) < 4.78 is 5.81. The van der Waals surface area contributed by atoms with Crippen LogP contribution in [-0.2, 0) is 17.8 Å². The summed E-state index contributed by atoms with van der Waals surface area (Å²) in [5.41, 5.74) is 5.64. The molecule has 0 bridgehead atoms. The van der Waals surface area contributed by atoms with E-state index >= 15 is 0 Å². The van der Waals surface area contributed by atoms with Gasteiger partial charge in [0.05, 0.1) is 12.7 Å². The molecule has 0 fully saturated rings. The normalized spacial score (nSPS) is 16.2. The van der Waals surface area contributed by atoms with Crippen molar-refractivity contribution in [2.45, 2.75) is 67.1 Å². The van der Waals surface area contributed by atoms with Crippen molar-refractivity contribution in [3.8, 4) is 0 Å². The molecule has 1 heterocycles. The van der Waals surface area contributed by atoms with Gasteiger partial charge < -0.3 is 4.74 Å². The van der Waals surface area contributed by atoms with Crippen LogP contribution in [0.2, 0.25) is 0 Å². The Kier molecular flexibility index (Phi) is 9.24. The second kappa shape index (κ2) is 9.80. The van der Waals surface area contributed by atoms with Gasteiger partial charge in [0.1, 0.15) is 0 Å². The number of aryl methyl sites for hydroxylation is 2. The van der Waals surface area contributed by atoms with Crippen LogP contribution in [-0.4, -0.2) is 6.10 Å². The van der Waals surface area contributed by atoms with Gasteiger partial charge in [-0.1, -0.05) is 45.9 Å². The average Bonchev–Trinajstić information content (AvgIpc) is 2.48. The van der Waals surface area contributed by atoms with Crippen LogP contribution in [0, 0.1) is 13.8 Å². The molecule has 0 spiro atoms. The third kappa shape index (κ3) is 4.83. The van der Waals surface area contributed by atoms with E-state index in [9.17, 15) is 0 Å². The first-order chi connectivity index (χ1) is 9.22. The van der Waals surface area contributed by atoms with E-state index in [0.29, 0.717) is 6.10 Å². The maximum Gasteiger partial charge on any atom is 0.0726 e. The van der Waals surface area contributed by atoms with E-state index in [4.69, 9.17) is 4.74 Å². The summed E-state index contributed by atoms with van der Waals surface area (Å²) >= 11 is 0. The van der Waals surface area contributed by atoms with Gasteiger partial charge >= 0.3 is 0 Å². The maximum absolute atomic E-state index is 5.81. The second-order valence-corrected chi connectivity index (χ2v) is 4.32. The summed E-state index contributed by atoms with van der Waals surface area (Å²) in [6.45, 7) is 16.9. The van der Waals surface area contributed by atoms with Crippen molar-refractivity contribution in [1.82, 2.24) is 0 Å². The highest BCUT2D eigenvalue weighted by Gasteiger charge is 2.20. The predicted molar refractivity (Wildman–Crippen MR) is 85.7 cm³/mol. The molecular weight excluding hydrogens is 232 g/mol. The van der Waals surface area contributed by atoms with Crippen LogP contribution in [0.4, 0.5) is 0 Å². The molecule has 1 unspecified atom stereocenters. The smallest absolute Gasteiger partial charge is 0.0726 e. The molecule has 0 saturated carbocycles. The van der Waals surface area contributed by atoms with Crippen molar-refractivity contribution in [3.63, 3.8) is 0 Å². The lowest BCUT2D eigenvalue weighted by atomic mass is 9.91. The zero-order valence-electron chi connectivity index (χ0n) is 13.5. The lowest BCUT2D eigenvalue weighted by Crippen LogP contribution is -2.23. The summed E-state index contributed by atoms with van der Waals surface area (Å²) in [7, 11) is 0. The molecule has 108 valence electrons. The van der Waals surface area contributed by atoms with Crippen molar-refractivity contribution in [3.05, 3.63) is 47.0 Å². The van der Waals surface area contributed by atoms with Crippen molar-refractivity contribution in [2.75, 3.05) is 0 Å². The van der Waals surface area contributed by atoms with Crippen LogP contribution in [0.1, 0.15) is 56.4 Å². The van der Waals surface area contributed by atoms with Crippen LogP contribution in [0.5, 0.6) is 0 Å². The Morgan fingerprint density at radius 3 is 2.16 bits per heavy atom. The molecule has 0 aliphatic carbocycles. The minimum atomic E-state index is 0.329. The van der Waals surface area contributed by atoms with Crippen molar-refractivity contribution >= 4 is 0 Å². The fraction of sp³-hybridized carbons (Fsp3) is 0.556. The van der Waals surface area contributed by atoms with E-state index in [-0.39, 0.29) is 0 Å². The van der Waals surface area contributed by atoms with Crippen LogP contribution in [0.15, 0.2) is 24.8 Å². The summed E-state index contributed by atoms with van der Waals surface area (Å²) in [5, 5.41) is 0. The summed E-state index contributed by atoms with van der Waals surface area (Å²) in [4.78, 5) is 0. The minimum Gasteiger partial charge on any atom is -0.373 e. The third-order valence-corrected chi connectivity index (χ3v) is 3.22. The fourth-order valence-corrected chi connectivity index (χ4v) is 2.24. The van der Waals surface area contributed by atoms with Gasteiger partial charge in [0.15, 0.2) is 0 Å². The van der Waals surface area contributed by atoms with Crippen LogP contribution in [0.25, 0.3) is 0 Å². The van der Waals surface area contributed by atoms with E-state index in [1.165, 1.54) is 22.3 Å². The molecule has 19 heavy (non-hydrogen) atoms. The molecule has 1 aliphatic rings. The van der Waals surface area contributed by atoms with E-state index in [1.54, 1.807) is 0 Å². The highest BCUT2D eigenvalue weighted by atomic mass is 16.5. The highest BCUT2D eigenvalue weighted by molar-refractivity contribution is 5.41. The molecule has 0 amide bonds. The van der Waals surface area contributed by atoms with Crippen LogP contribution < -0.4 is 0 Å². The number of ether oxygens (including phenoxy) is 1. The van der Waals surface area contributed by atoms with Crippen molar-refractivity contribution in [2.24, 2.45) is 0 Å². The van der Waals surface area contributed by atoms with E-state index in [1.807, 2.05) is 33.8 Å². The van der Waals surface area contributed by atoms with Crippen LogP contribution >= 0.6 is 0 Å². The third-order valence-electron chi connectivity index (χ3n) is 3.22. The Hall–Kier alpha value is -1.08. The van der Waals surface area contributed by atoms with Gasteiger partial charge in [0, 0.05) is 0 Å². The second-order valence-electron chi connectivity index (χ2n) is 4.32. The van der Waals surface area contributed by atoms with Crippen molar-refractivity contribution in [1.29, 1.82) is 0 Å². The number of fused-ring (bicyclic) bond motifs is 1. The number of benzene rings is 1. The first kappa shape index (κ1) is 17.9. The number of hydrogen-bond donors (Lipinski definition) is 0. The zero-order chi connectivity index (χ0) is 14.8. The minimum absolute atomic E-state index is 0.329. The number of hydrogen-bond acceptors (Lipinski definition) is 1.